The van der Waals surface area contributed by atoms with Crippen molar-refractivity contribution in [2.75, 3.05) is 47.6 Å². The van der Waals surface area contributed by atoms with E-state index in [2.05, 4.69) is 17.1 Å². The summed E-state index contributed by atoms with van der Waals surface area (Å²) in [4.78, 5) is 14.1. The van der Waals surface area contributed by atoms with Crippen molar-refractivity contribution in [1.29, 1.82) is 0 Å². The fourth-order valence-electron chi connectivity index (χ4n) is 2.35. The summed E-state index contributed by atoms with van der Waals surface area (Å²) in [5.41, 5.74) is 0. The van der Waals surface area contributed by atoms with E-state index in [-0.39, 0.29) is 12.0 Å². The number of esters is 1. The predicted molar refractivity (Wildman–Crippen MR) is 81.4 cm³/mol. The van der Waals surface area contributed by atoms with Gasteiger partial charge in [-0.2, -0.15) is 0 Å². The minimum atomic E-state index is -0.220. The molecule has 1 aliphatic rings. The van der Waals surface area contributed by atoms with E-state index in [4.69, 9.17) is 14.2 Å². The SMILES string of the molecule is COCCN(CCC(NC1CC1)C(=O)OC)C(C)COC. The van der Waals surface area contributed by atoms with Crippen molar-refractivity contribution in [2.24, 2.45) is 0 Å². The third-order valence-corrected chi connectivity index (χ3v) is 3.82. The molecule has 0 bridgehead atoms. The molecule has 1 aliphatic carbocycles. The van der Waals surface area contributed by atoms with Gasteiger partial charge in [-0.25, -0.2) is 0 Å². The Balaban J connectivity index is 2.47. The number of carbonyl (C=O) groups excluding carboxylic acids is 1. The van der Waals surface area contributed by atoms with Crippen LogP contribution in [0.1, 0.15) is 26.2 Å². The van der Waals surface area contributed by atoms with Crippen LogP contribution >= 0.6 is 0 Å². The first-order valence-corrected chi connectivity index (χ1v) is 7.68. The molecule has 1 fully saturated rings. The van der Waals surface area contributed by atoms with E-state index >= 15 is 0 Å². The van der Waals surface area contributed by atoms with Crippen LogP contribution in [-0.2, 0) is 19.0 Å². The van der Waals surface area contributed by atoms with Gasteiger partial charge in [0, 0.05) is 39.4 Å². The number of ether oxygens (including phenoxy) is 3. The van der Waals surface area contributed by atoms with E-state index in [1.165, 1.54) is 7.11 Å². The first-order valence-electron chi connectivity index (χ1n) is 7.68. The van der Waals surface area contributed by atoms with Gasteiger partial charge in [-0.1, -0.05) is 0 Å². The highest BCUT2D eigenvalue weighted by Crippen LogP contribution is 2.20. The van der Waals surface area contributed by atoms with Crippen LogP contribution in [0.4, 0.5) is 0 Å². The van der Waals surface area contributed by atoms with Crippen LogP contribution in [-0.4, -0.2) is 76.6 Å². The Hall–Kier alpha value is -0.690. The maximum atomic E-state index is 11.8. The van der Waals surface area contributed by atoms with E-state index < -0.39 is 0 Å². The van der Waals surface area contributed by atoms with Crippen molar-refractivity contribution in [3.8, 4) is 0 Å². The summed E-state index contributed by atoms with van der Waals surface area (Å²) in [6, 6.07) is 0.560. The average molecular weight is 302 g/mol. The van der Waals surface area contributed by atoms with Crippen molar-refractivity contribution in [2.45, 2.75) is 44.3 Å². The zero-order chi connectivity index (χ0) is 15.7. The fraction of sp³-hybridized carbons (Fsp3) is 0.933. The first kappa shape index (κ1) is 18.4. The van der Waals surface area contributed by atoms with Crippen molar-refractivity contribution >= 4 is 5.97 Å². The molecule has 0 aromatic carbocycles. The summed E-state index contributed by atoms with van der Waals surface area (Å²) in [7, 11) is 4.85. The van der Waals surface area contributed by atoms with Gasteiger partial charge in [-0.15, -0.1) is 0 Å². The number of hydrogen-bond donors (Lipinski definition) is 1. The van der Waals surface area contributed by atoms with Crippen molar-refractivity contribution < 1.29 is 19.0 Å². The Bertz CT molecular complexity index is 297. The van der Waals surface area contributed by atoms with Crippen LogP contribution in [0.2, 0.25) is 0 Å². The van der Waals surface area contributed by atoms with E-state index in [9.17, 15) is 4.79 Å². The molecule has 0 amide bonds. The summed E-state index contributed by atoms with van der Waals surface area (Å²) >= 11 is 0. The number of nitrogens with zero attached hydrogens (tertiary/aromatic N) is 1. The Morgan fingerprint density at radius 3 is 2.48 bits per heavy atom. The van der Waals surface area contributed by atoms with Crippen LogP contribution in [0, 0.1) is 0 Å². The van der Waals surface area contributed by atoms with Gasteiger partial charge in [0.1, 0.15) is 6.04 Å². The van der Waals surface area contributed by atoms with Gasteiger partial charge in [-0.05, 0) is 26.2 Å². The molecule has 0 saturated heterocycles. The molecule has 0 aromatic heterocycles. The van der Waals surface area contributed by atoms with Gasteiger partial charge in [0.15, 0.2) is 0 Å². The predicted octanol–water partition coefficient (Wildman–Crippen LogP) is 0.653. The quantitative estimate of drug-likeness (QED) is 0.534. The molecule has 0 radical (unpaired) electrons. The van der Waals surface area contributed by atoms with Crippen molar-refractivity contribution in [3.63, 3.8) is 0 Å². The van der Waals surface area contributed by atoms with Crippen LogP contribution in [0.15, 0.2) is 0 Å². The molecule has 6 nitrogen and oxygen atoms in total. The molecule has 2 unspecified atom stereocenters. The van der Waals surface area contributed by atoms with Crippen LogP contribution in [0.3, 0.4) is 0 Å². The highest BCUT2D eigenvalue weighted by molar-refractivity contribution is 5.75. The Morgan fingerprint density at radius 1 is 1.24 bits per heavy atom. The summed E-state index contributed by atoms with van der Waals surface area (Å²) in [6.07, 6.45) is 3.04. The smallest absolute Gasteiger partial charge is 0.322 e. The number of nitrogens with one attached hydrogen (secondary N) is 1. The highest BCUT2D eigenvalue weighted by Gasteiger charge is 2.29. The number of carbonyl (C=O) groups is 1. The van der Waals surface area contributed by atoms with Crippen LogP contribution in [0.5, 0.6) is 0 Å². The highest BCUT2D eigenvalue weighted by atomic mass is 16.5. The summed E-state index contributed by atoms with van der Waals surface area (Å²) in [5.74, 6) is -0.173. The number of hydrogen-bond acceptors (Lipinski definition) is 6. The average Bonchev–Trinajstić information content (AvgIpc) is 3.29. The number of rotatable bonds is 12. The van der Waals surface area contributed by atoms with Gasteiger partial charge in [0.25, 0.3) is 0 Å². The topological polar surface area (TPSA) is 60.0 Å². The van der Waals surface area contributed by atoms with Crippen LogP contribution < -0.4 is 5.32 Å². The molecule has 0 spiro atoms. The van der Waals surface area contributed by atoms with Gasteiger partial charge in [0.2, 0.25) is 0 Å². The van der Waals surface area contributed by atoms with Crippen LogP contribution in [0.25, 0.3) is 0 Å². The fourth-order valence-corrected chi connectivity index (χ4v) is 2.35. The molecule has 2 atom stereocenters. The molecule has 1 N–H and O–H groups in total. The molecule has 21 heavy (non-hydrogen) atoms. The molecular weight excluding hydrogens is 272 g/mol. The molecule has 0 aromatic rings. The Kier molecular flexibility index (Phi) is 8.84. The molecule has 1 saturated carbocycles. The monoisotopic (exact) mass is 302 g/mol. The van der Waals surface area contributed by atoms with Crippen molar-refractivity contribution in [1.82, 2.24) is 10.2 Å². The number of methoxy groups -OCH3 is 3. The Labute approximate surface area is 128 Å². The third kappa shape index (κ3) is 7.22. The third-order valence-electron chi connectivity index (χ3n) is 3.82. The molecular formula is C15H30N2O4. The minimum Gasteiger partial charge on any atom is -0.468 e. The zero-order valence-corrected chi connectivity index (χ0v) is 13.8. The maximum absolute atomic E-state index is 11.8. The summed E-state index contributed by atoms with van der Waals surface area (Å²) in [6.45, 7) is 5.11. The maximum Gasteiger partial charge on any atom is 0.322 e. The molecule has 124 valence electrons. The van der Waals surface area contributed by atoms with Gasteiger partial charge in [0.05, 0.1) is 20.3 Å². The zero-order valence-electron chi connectivity index (χ0n) is 13.8. The second-order valence-corrected chi connectivity index (χ2v) is 5.64. The standard InChI is InChI=1S/C15H30N2O4/c1-12(11-20-3)17(9-10-19-2)8-7-14(15(18)21-4)16-13-5-6-13/h12-14,16H,5-11H2,1-4H3. The lowest BCUT2D eigenvalue weighted by atomic mass is 10.1. The first-order chi connectivity index (χ1) is 10.1. The van der Waals surface area contributed by atoms with Crippen molar-refractivity contribution in [3.05, 3.63) is 0 Å². The van der Waals surface area contributed by atoms with Gasteiger partial charge in [-0.3, -0.25) is 9.69 Å². The van der Waals surface area contributed by atoms with E-state index in [1.54, 1.807) is 14.2 Å². The summed E-state index contributed by atoms with van der Waals surface area (Å²) in [5, 5.41) is 3.36. The minimum absolute atomic E-state index is 0.173. The molecule has 0 aliphatic heterocycles. The molecule has 6 heteroatoms. The van der Waals surface area contributed by atoms with Gasteiger partial charge < -0.3 is 19.5 Å². The van der Waals surface area contributed by atoms with Gasteiger partial charge >= 0.3 is 5.97 Å². The lowest BCUT2D eigenvalue weighted by Gasteiger charge is -2.29. The molecule has 1 rings (SSSR count). The second kappa shape index (κ2) is 10.1. The lowest BCUT2D eigenvalue weighted by Crippen LogP contribution is -2.45. The van der Waals surface area contributed by atoms with E-state index in [0.717, 1.165) is 32.4 Å². The normalized spacial score (nSPS) is 17.8. The lowest BCUT2D eigenvalue weighted by molar-refractivity contribution is -0.143. The molecule has 0 heterocycles. The Morgan fingerprint density at radius 2 is 1.95 bits per heavy atom. The second-order valence-electron chi connectivity index (χ2n) is 5.64. The van der Waals surface area contributed by atoms with E-state index in [1.807, 2.05) is 0 Å². The van der Waals surface area contributed by atoms with E-state index in [0.29, 0.717) is 25.3 Å². The largest absolute Gasteiger partial charge is 0.468 e. The summed E-state index contributed by atoms with van der Waals surface area (Å²) < 4.78 is 15.3.